The summed E-state index contributed by atoms with van der Waals surface area (Å²) in [7, 11) is 0. The lowest BCUT2D eigenvalue weighted by atomic mass is 10.0. The Balaban J connectivity index is 0.000000175. The van der Waals surface area contributed by atoms with E-state index in [9.17, 15) is 73.0 Å². The van der Waals surface area contributed by atoms with E-state index in [-0.39, 0.29) is 194 Å². The van der Waals surface area contributed by atoms with Crippen LogP contribution in [0.2, 0.25) is 45.2 Å². The van der Waals surface area contributed by atoms with Crippen molar-refractivity contribution < 1.29 is 56.0 Å². The maximum atomic E-state index is 15.6. The van der Waals surface area contributed by atoms with Crippen molar-refractivity contribution in [1.29, 1.82) is 15.8 Å². The second-order valence-corrected chi connectivity index (χ2v) is 37.1. The van der Waals surface area contributed by atoms with Gasteiger partial charge >= 0.3 is 0 Å². The van der Waals surface area contributed by atoms with Gasteiger partial charge in [0.05, 0.1) is 110 Å². The highest BCUT2D eigenvalue weighted by Gasteiger charge is 2.40. The van der Waals surface area contributed by atoms with Crippen LogP contribution in [0, 0.1) is 89.7 Å². The molecule has 3 saturated heterocycles. The number of hydrogen-bond acceptors (Lipinski definition) is 21. The van der Waals surface area contributed by atoms with Crippen molar-refractivity contribution in [3.63, 3.8) is 0 Å². The Morgan fingerprint density at radius 1 is 0.399 bits per heavy atom. The molecule has 3 amide bonds. The van der Waals surface area contributed by atoms with Crippen molar-refractivity contribution in [3.05, 3.63) is 255 Å². The molecule has 3 N–H and O–H groups in total. The third-order valence-corrected chi connectivity index (χ3v) is 27.3. The summed E-state index contributed by atoms with van der Waals surface area (Å²) in [5.41, 5.74) is -1.62. The van der Waals surface area contributed by atoms with Gasteiger partial charge in [0.25, 0.3) is 16.7 Å². The fourth-order valence-corrected chi connectivity index (χ4v) is 19.2. The van der Waals surface area contributed by atoms with Gasteiger partial charge in [-0.3, -0.25) is 57.4 Å². The van der Waals surface area contributed by atoms with E-state index in [4.69, 9.17) is 104 Å². The van der Waals surface area contributed by atoms with Gasteiger partial charge in [0.1, 0.15) is 77.7 Å². The van der Waals surface area contributed by atoms with E-state index in [2.05, 4.69) is 67.8 Å². The Kier molecular flexibility index (Phi) is 30.3. The average molecular weight is 2060 g/mol. The molecule has 3 fully saturated rings. The van der Waals surface area contributed by atoms with Gasteiger partial charge in [0.2, 0.25) is 17.7 Å². The van der Waals surface area contributed by atoms with Gasteiger partial charge in [-0.1, -0.05) is 166 Å². The lowest BCUT2D eigenvalue weighted by Gasteiger charge is -2.41. The quantitative estimate of drug-likeness (QED) is 0.0371. The number of benzene rings is 3. The maximum Gasteiger partial charge on any atom is 0.276 e. The molecule has 138 heavy (non-hydrogen) atoms. The van der Waals surface area contributed by atoms with Crippen LogP contribution in [0.5, 0.6) is 17.2 Å². The smallest absolute Gasteiger partial charge is 0.276 e. The van der Waals surface area contributed by atoms with E-state index in [1.807, 2.05) is 62.3 Å². The SMILES string of the molecule is C=CC(=O)N1CCN(c2c(C#N)c(=O)n(-c3c(C)ccnc3C(C)C)c3nc(-c4c(O)c(Cl)c(Cl)c(F)c4F)c(Cl)cc23)C[C@H]1C.C=CC(=O)N1CCN(c2c(C#N)c(=O)n(-c3c(C)ccnc3C(C)C)c3nc(-c4c(O)c(F)c(Cl)c(Cl)c4F)c(Cl)cc23)C[C@H]1C.C=CC(=O)N1CCN(c2c(C#N)c(=O)n(-c3c(C)ccnc3C(C)C)c3nc(-c4c(O)c(F)c(Cl)c(Cl)c4F)c(Cl)cc23)C[C@H]1C. The number of fused-ring (bicyclic) bond motifs is 3. The Hall–Kier alpha value is -12.7. The topological polar surface area (TPSA) is 346 Å². The first kappa shape index (κ1) is 103. The minimum atomic E-state index is -1.55. The van der Waals surface area contributed by atoms with Gasteiger partial charge in [0, 0.05) is 112 Å². The van der Waals surface area contributed by atoms with Crippen LogP contribution < -0.4 is 31.4 Å². The molecule has 42 heteroatoms. The Bertz CT molecular complexity index is 6790. The number of hydrogen-bond donors (Lipinski definition) is 3. The summed E-state index contributed by atoms with van der Waals surface area (Å²) in [6.45, 7) is 35.0. The first-order valence-electron chi connectivity index (χ1n) is 42.4. The van der Waals surface area contributed by atoms with Gasteiger partial charge in [0.15, 0.2) is 46.4 Å². The van der Waals surface area contributed by atoms with Crippen LogP contribution in [0.4, 0.5) is 43.4 Å². The minimum Gasteiger partial charge on any atom is -0.506 e. The fourth-order valence-electron chi connectivity index (χ4n) is 17.4. The van der Waals surface area contributed by atoms with Crippen LogP contribution in [-0.4, -0.2) is 168 Å². The normalized spacial score (nSPS) is 15.0. The zero-order valence-electron chi connectivity index (χ0n) is 75.4. The van der Waals surface area contributed by atoms with Crippen LogP contribution in [0.3, 0.4) is 0 Å². The van der Waals surface area contributed by atoms with Gasteiger partial charge < -0.3 is 44.7 Å². The number of phenolic OH excluding ortho intramolecular Hbond substituents is 3. The standard InChI is InChI=1S/3C32H27Cl3F2N6O3/c1-6-20(44)42-10-9-41(13-16(42)5)29-17-11-19(33)27(21-24(36)25(37)22(34)23(35)30(21)45)40-31(17)43(32(46)18(29)12-38)28-15(4)7-8-39-26(28)14(2)3;2*1-6-20(44)42-10-9-41(13-16(42)5)29-17-11-19(33)27(21-24(36)22(34)23(35)25(37)30(21)45)40-31(17)43(32(46)18(29)12-38)28-15(4)7-8-39-26(28)14(2)3/h3*6-8,11,14,16,45H,1,9-10,13H2,2-5H3/t3*16-/m111/s1. The highest BCUT2D eigenvalue weighted by Crippen LogP contribution is 2.51. The second-order valence-electron chi connectivity index (χ2n) is 33.6. The van der Waals surface area contributed by atoms with Crippen LogP contribution >= 0.6 is 104 Å². The first-order valence-corrected chi connectivity index (χ1v) is 45.8. The number of phenols is 3. The number of anilines is 3. The molecule has 0 aliphatic carbocycles. The summed E-state index contributed by atoms with van der Waals surface area (Å²) >= 11 is 55.4. The second kappa shape index (κ2) is 40.8. The summed E-state index contributed by atoms with van der Waals surface area (Å²) < 4.78 is 94.7. The number of aromatic hydroxyl groups is 3. The molecule has 12 heterocycles. The molecule has 27 nitrogen and oxygen atoms in total. The van der Waals surface area contributed by atoms with Crippen molar-refractivity contribution in [2.75, 3.05) is 73.6 Å². The summed E-state index contributed by atoms with van der Waals surface area (Å²) in [5.74, 6) is -13.0. The van der Waals surface area contributed by atoms with Crippen molar-refractivity contribution in [2.45, 2.75) is 119 Å². The summed E-state index contributed by atoms with van der Waals surface area (Å²) in [4.78, 5) is 118. The number of carbonyl (C=O) groups is 3. The minimum absolute atomic E-state index is 0.0704. The molecule has 0 unspecified atom stereocenters. The Morgan fingerprint density at radius 2 is 0.652 bits per heavy atom. The van der Waals surface area contributed by atoms with Gasteiger partial charge in [-0.15, -0.1) is 0 Å². The number of aryl methyl sites for hydroxylation is 3. The van der Waals surface area contributed by atoms with E-state index < -0.39 is 133 Å². The molecule has 0 saturated carbocycles. The molecule has 714 valence electrons. The van der Waals surface area contributed by atoms with Gasteiger partial charge in [-0.2, -0.15) is 15.8 Å². The number of pyridine rings is 9. The lowest BCUT2D eigenvalue weighted by molar-refractivity contribution is -0.129. The number of rotatable bonds is 15. The molecule has 0 radical (unpaired) electrons. The average Bonchev–Trinajstić information content (AvgIpc) is 0.726. The monoisotopic (exact) mass is 2060 g/mol. The van der Waals surface area contributed by atoms with Crippen molar-refractivity contribution >= 4 is 172 Å². The molecule has 9 aromatic heterocycles. The summed E-state index contributed by atoms with van der Waals surface area (Å²) in [5, 5.41) is 58.7. The van der Waals surface area contributed by atoms with E-state index >= 15 is 13.2 Å². The number of halogens is 15. The summed E-state index contributed by atoms with van der Waals surface area (Å²) in [6.07, 6.45) is 8.43. The number of carbonyl (C=O) groups excluding carboxylic acids is 3. The fraction of sp³-hybridized carbons (Fsp3) is 0.281. The highest BCUT2D eigenvalue weighted by molar-refractivity contribution is 6.45. The number of piperazine rings is 3. The number of amides is 3. The maximum absolute atomic E-state index is 15.6. The van der Waals surface area contributed by atoms with E-state index in [1.165, 1.54) is 50.1 Å². The van der Waals surface area contributed by atoms with Crippen LogP contribution in [0.25, 0.3) is 83.9 Å². The molecule has 0 bridgehead atoms. The number of aromatic nitrogens is 9. The molecule has 3 aromatic carbocycles. The van der Waals surface area contributed by atoms with E-state index in [0.717, 1.165) is 0 Å². The molecule has 3 atom stereocenters. The highest BCUT2D eigenvalue weighted by atomic mass is 35.5. The summed E-state index contributed by atoms with van der Waals surface area (Å²) in [6, 6.07) is 14.3. The molecule has 3 aliphatic rings. The predicted octanol–water partition coefficient (Wildman–Crippen LogP) is 20.8. The van der Waals surface area contributed by atoms with Crippen LogP contribution in [0.1, 0.15) is 131 Å². The van der Waals surface area contributed by atoms with Crippen LogP contribution in [-0.2, 0) is 14.4 Å². The zero-order chi connectivity index (χ0) is 101. The van der Waals surface area contributed by atoms with Crippen LogP contribution in [0.15, 0.2) is 107 Å². The number of nitrogens with zero attached hydrogens (tertiary/aromatic N) is 18. The van der Waals surface area contributed by atoms with Crippen molar-refractivity contribution in [2.24, 2.45) is 0 Å². The molecule has 0 spiro atoms. The lowest BCUT2D eigenvalue weighted by Crippen LogP contribution is -2.54. The van der Waals surface area contributed by atoms with Crippen molar-refractivity contribution in [3.8, 4) is 86.3 Å². The molecular weight excluding hydrogens is 1980 g/mol. The molecule has 3 aliphatic heterocycles. The molecular formula is C96H81Cl9F6N18O9. The molecule has 15 rings (SSSR count). The van der Waals surface area contributed by atoms with Gasteiger partial charge in [-0.05, 0) is 131 Å². The predicted molar refractivity (Wildman–Crippen MR) is 523 cm³/mol. The Labute approximate surface area is 830 Å². The van der Waals surface area contributed by atoms with Crippen molar-refractivity contribution in [1.82, 2.24) is 58.3 Å². The molecule has 12 aromatic rings. The Morgan fingerprint density at radius 3 is 0.899 bits per heavy atom. The van der Waals surface area contributed by atoms with Gasteiger partial charge in [-0.25, -0.2) is 41.3 Å². The number of nitriles is 3. The first-order chi connectivity index (χ1) is 65.2. The van der Waals surface area contributed by atoms with E-state index in [1.54, 1.807) is 87.0 Å². The zero-order valence-corrected chi connectivity index (χ0v) is 82.2. The third-order valence-electron chi connectivity index (χ3n) is 24.0. The third kappa shape index (κ3) is 18.0. The largest absolute Gasteiger partial charge is 0.506 e. The van der Waals surface area contributed by atoms with E-state index in [0.29, 0.717) is 50.8 Å².